The van der Waals surface area contributed by atoms with Crippen LogP contribution in [0.5, 0.6) is 5.75 Å². The van der Waals surface area contributed by atoms with Gasteiger partial charge in [0.15, 0.2) is 11.9 Å². The van der Waals surface area contributed by atoms with E-state index in [1.54, 1.807) is 12.4 Å². The predicted molar refractivity (Wildman–Crippen MR) is 162 cm³/mol. The second kappa shape index (κ2) is 11.2. The van der Waals surface area contributed by atoms with Gasteiger partial charge in [-0.2, -0.15) is 0 Å². The molecule has 2 aromatic heterocycles. The van der Waals surface area contributed by atoms with E-state index >= 15 is 0 Å². The van der Waals surface area contributed by atoms with Crippen LogP contribution in [0.3, 0.4) is 0 Å². The topological polar surface area (TPSA) is 89.7 Å². The summed E-state index contributed by atoms with van der Waals surface area (Å²) in [6, 6.07) is 10.4. The molecule has 0 fully saturated rings. The summed E-state index contributed by atoms with van der Waals surface area (Å²) in [6.45, 7) is 16.0. The minimum absolute atomic E-state index is 0.556. The van der Waals surface area contributed by atoms with Gasteiger partial charge in [-0.1, -0.05) is 43.2 Å². The number of aliphatic carboxylic acids is 1. The number of hydrogen-bond acceptors (Lipinski definition) is 6. The number of unbranched alkanes of at least 4 members (excludes halogenated alkanes) is 1. The van der Waals surface area contributed by atoms with E-state index in [9.17, 15) is 9.90 Å². The number of carboxylic acid groups (broad SMARTS) is 1. The van der Waals surface area contributed by atoms with Gasteiger partial charge in [-0.3, -0.25) is 0 Å². The van der Waals surface area contributed by atoms with Gasteiger partial charge in [-0.05, 0) is 70.7 Å². The molecule has 4 aromatic rings. The van der Waals surface area contributed by atoms with Crippen molar-refractivity contribution in [3.05, 3.63) is 65.1 Å². The molecular weight excluding hydrogens is 516 g/mol. The number of aryl methyl sites for hydroxylation is 2. The highest BCUT2D eigenvalue weighted by Gasteiger charge is 2.36. The van der Waals surface area contributed by atoms with Crippen molar-refractivity contribution in [2.24, 2.45) is 0 Å². The van der Waals surface area contributed by atoms with Crippen LogP contribution >= 0.6 is 0 Å². The smallest absolute Gasteiger partial charge is 0.337 e. The van der Waals surface area contributed by atoms with E-state index in [0.717, 1.165) is 63.9 Å². The van der Waals surface area contributed by atoms with Crippen LogP contribution in [0.2, 0.25) is 0 Å². The summed E-state index contributed by atoms with van der Waals surface area (Å²) in [5, 5.41) is 11.6. The van der Waals surface area contributed by atoms with Crippen LogP contribution in [0, 0.1) is 20.8 Å². The van der Waals surface area contributed by atoms with Crippen LogP contribution in [0.15, 0.2) is 42.7 Å². The molecule has 8 nitrogen and oxygen atoms in total. The lowest BCUT2D eigenvalue weighted by Crippen LogP contribution is -2.32. The highest BCUT2D eigenvalue weighted by Crippen LogP contribution is 2.49. The van der Waals surface area contributed by atoms with Crippen LogP contribution in [0.25, 0.3) is 22.0 Å². The summed E-state index contributed by atoms with van der Waals surface area (Å²) in [4.78, 5) is 24.4. The van der Waals surface area contributed by atoms with E-state index in [4.69, 9.17) is 9.47 Å². The van der Waals surface area contributed by atoms with E-state index in [2.05, 4.69) is 63.6 Å². The molecule has 1 aliphatic rings. The number of ether oxygens (including phenoxy) is 2. The Morgan fingerprint density at radius 1 is 1.07 bits per heavy atom. The molecule has 2 aromatic carbocycles. The highest BCUT2D eigenvalue weighted by molar-refractivity contribution is 6.08. The van der Waals surface area contributed by atoms with Crippen molar-refractivity contribution in [1.29, 1.82) is 0 Å². The fraction of sp³-hybridized carbons (Fsp3) is 0.424. The summed E-state index contributed by atoms with van der Waals surface area (Å²) in [7, 11) is 0. The second-order valence-electron chi connectivity index (χ2n) is 11.8. The van der Waals surface area contributed by atoms with E-state index in [-0.39, 0.29) is 0 Å². The normalized spacial score (nSPS) is 14.0. The van der Waals surface area contributed by atoms with E-state index < -0.39 is 17.7 Å². The average Bonchev–Trinajstić information content (AvgIpc) is 3.26. The number of rotatable bonds is 9. The Morgan fingerprint density at radius 2 is 1.76 bits per heavy atom. The number of aromatic nitrogens is 3. The number of hydrogen-bond donors (Lipinski definition) is 1. The van der Waals surface area contributed by atoms with Gasteiger partial charge >= 0.3 is 5.97 Å². The van der Waals surface area contributed by atoms with Crippen LogP contribution in [0.4, 0.5) is 11.6 Å². The molecule has 0 saturated heterocycles. The molecule has 8 heteroatoms. The number of anilines is 2. The number of benzene rings is 2. The zero-order valence-electron chi connectivity index (χ0n) is 25.1. The molecule has 0 saturated carbocycles. The molecule has 0 radical (unpaired) electrons. The Morgan fingerprint density at radius 3 is 2.37 bits per heavy atom. The Balaban J connectivity index is 1.77. The SMILES string of the molecule is CCCCOc1cnc(N2CCn3c(C)cc4c(-c5ccc(C)cc5)c([C@H](OC(C)(C)C)C(=O)O)c(C)c2c43)nc1. The Labute approximate surface area is 241 Å². The molecule has 1 atom stereocenters. The molecule has 0 spiro atoms. The van der Waals surface area contributed by atoms with Gasteiger partial charge in [0, 0.05) is 29.7 Å². The summed E-state index contributed by atoms with van der Waals surface area (Å²) in [6.07, 6.45) is 4.29. The average molecular weight is 557 g/mol. The first-order valence-electron chi connectivity index (χ1n) is 14.4. The van der Waals surface area contributed by atoms with Crippen molar-refractivity contribution in [3.63, 3.8) is 0 Å². The molecule has 0 bridgehead atoms. The third kappa shape index (κ3) is 5.53. The van der Waals surface area contributed by atoms with Crippen LogP contribution < -0.4 is 9.64 Å². The summed E-state index contributed by atoms with van der Waals surface area (Å²) in [5.74, 6) is 0.173. The molecule has 1 N–H and O–H groups in total. The van der Waals surface area contributed by atoms with Gasteiger partial charge in [-0.25, -0.2) is 14.8 Å². The Bertz CT molecular complexity index is 1570. The quantitative estimate of drug-likeness (QED) is 0.216. The van der Waals surface area contributed by atoms with Crippen LogP contribution in [-0.4, -0.2) is 44.4 Å². The van der Waals surface area contributed by atoms with Crippen LogP contribution in [0.1, 0.15) is 69.0 Å². The largest absolute Gasteiger partial charge is 0.490 e. The van der Waals surface area contributed by atoms with Gasteiger partial charge in [-0.15, -0.1) is 0 Å². The van der Waals surface area contributed by atoms with Crippen molar-refractivity contribution < 1.29 is 19.4 Å². The van der Waals surface area contributed by atoms with Crippen molar-refractivity contribution >= 4 is 28.5 Å². The number of carboxylic acids is 1. The minimum atomic E-state index is -1.17. The van der Waals surface area contributed by atoms with Crippen LogP contribution in [-0.2, 0) is 16.1 Å². The molecule has 5 rings (SSSR count). The Kier molecular flexibility index (Phi) is 7.79. The molecular formula is C33H40N4O4. The third-order valence-corrected chi connectivity index (χ3v) is 7.56. The number of nitrogens with zero attached hydrogens (tertiary/aromatic N) is 4. The monoisotopic (exact) mass is 556 g/mol. The van der Waals surface area contributed by atoms with Gasteiger partial charge in [0.2, 0.25) is 5.95 Å². The zero-order valence-corrected chi connectivity index (χ0v) is 25.1. The van der Waals surface area contributed by atoms with Gasteiger partial charge < -0.3 is 24.0 Å². The summed E-state index contributed by atoms with van der Waals surface area (Å²) < 4.78 is 14.4. The van der Waals surface area contributed by atoms with E-state index in [1.165, 1.54) is 0 Å². The maximum Gasteiger partial charge on any atom is 0.337 e. The Hall–Kier alpha value is -3.91. The lowest BCUT2D eigenvalue weighted by molar-refractivity contribution is -0.160. The lowest BCUT2D eigenvalue weighted by Gasteiger charge is -2.35. The fourth-order valence-electron chi connectivity index (χ4n) is 5.69. The number of carbonyl (C=O) groups is 1. The molecule has 41 heavy (non-hydrogen) atoms. The standard InChI is InChI=1S/C33H40N4O4/c1-8-9-16-40-24-18-34-32(35-19-24)37-15-14-36-21(3)17-25-27(23-12-10-20(2)11-13-23)26(22(4)28(37)29(25)36)30(31(38)39)41-33(5,6)7/h10-13,17-19,30H,8-9,14-16H2,1-7H3,(H,38,39)/t30-/m0/s1. The van der Waals surface area contributed by atoms with E-state index in [0.29, 0.717) is 30.4 Å². The van der Waals surface area contributed by atoms with Gasteiger partial charge in [0.25, 0.3) is 0 Å². The molecule has 1 aliphatic heterocycles. The van der Waals surface area contributed by atoms with Gasteiger partial charge in [0.05, 0.1) is 35.8 Å². The maximum atomic E-state index is 12.9. The van der Waals surface area contributed by atoms with Crippen molar-refractivity contribution in [1.82, 2.24) is 14.5 Å². The molecule has 0 aliphatic carbocycles. The van der Waals surface area contributed by atoms with Crippen molar-refractivity contribution in [3.8, 4) is 16.9 Å². The summed E-state index contributed by atoms with van der Waals surface area (Å²) in [5.41, 5.74) is 6.90. The summed E-state index contributed by atoms with van der Waals surface area (Å²) >= 11 is 0. The minimum Gasteiger partial charge on any atom is -0.490 e. The highest BCUT2D eigenvalue weighted by atomic mass is 16.5. The molecule has 216 valence electrons. The second-order valence-corrected chi connectivity index (χ2v) is 11.8. The predicted octanol–water partition coefficient (Wildman–Crippen LogP) is 7.29. The van der Waals surface area contributed by atoms with Crippen molar-refractivity contribution in [2.45, 2.75) is 79.6 Å². The van der Waals surface area contributed by atoms with Gasteiger partial charge in [0.1, 0.15) is 0 Å². The fourth-order valence-corrected chi connectivity index (χ4v) is 5.69. The first-order valence-corrected chi connectivity index (χ1v) is 14.4. The first kappa shape index (κ1) is 28.6. The molecule has 3 heterocycles. The third-order valence-electron chi connectivity index (χ3n) is 7.56. The first-order chi connectivity index (χ1) is 19.5. The van der Waals surface area contributed by atoms with Crippen molar-refractivity contribution in [2.75, 3.05) is 18.1 Å². The lowest BCUT2D eigenvalue weighted by atomic mass is 9.87. The zero-order chi connectivity index (χ0) is 29.5. The van der Waals surface area contributed by atoms with E-state index in [1.807, 2.05) is 34.6 Å². The maximum absolute atomic E-state index is 12.9. The molecule has 0 amide bonds. The molecule has 0 unspecified atom stereocenters.